The third-order valence-corrected chi connectivity index (χ3v) is 3.29. The minimum atomic E-state index is -0.544. The van der Waals surface area contributed by atoms with Gasteiger partial charge in [0.25, 0.3) is 5.91 Å². The van der Waals surface area contributed by atoms with Crippen LogP contribution in [0.25, 0.3) is 0 Å². The average molecular weight is 329 g/mol. The Kier molecular flexibility index (Phi) is 5.78. The van der Waals surface area contributed by atoms with Crippen LogP contribution in [0.3, 0.4) is 0 Å². The molecule has 6 nitrogen and oxygen atoms in total. The van der Waals surface area contributed by atoms with Crippen LogP contribution < -0.4 is 14.8 Å². The molecule has 0 atom stereocenters. The van der Waals surface area contributed by atoms with Crippen molar-refractivity contribution < 1.29 is 23.8 Å². The van der Waals surface area contributed by atoms with Gasteiger partial charge in [-0.15, -0.1) is 0 Å². The molecule has 0 fully saturated rings. The van der Waals surface area contributed by atoms with Crippen LogP contribution in [0.1, 0.15) is 15.9 Å². The number of hydrogen-bond donors (Lipinski definition) is 1. The maximum absolute atomic E-state index is 11.9. The standard InChI is InChI=1S/C18H19NO5/c1-12-4-6-13(7-5-12)18(21)24-11-17(20)19-14-8-9-15(22-2)16(10-14)23-3/h4-10H,11H2,1-3H3,(H,19,20). The molecule has 0 radical (unpaired) electrons. The lowest BCUT2D eigenvalue weighted by Crippen LogP contribution is -2.21. The van der Waals surface area contributed by atoms with Crippen LogP contribution in [0.5, 0.6) is 11.5 Å². The summed E-state index contributed by atoms with van der Waals surface area (Å²) in [5.41, 5.74) is 1.96. The zero-order chi connectivity index (χ0) is 17.5. The van der Waals surface area contributed by atoms with Gasteiger partial charge in [0.05, 0.1) is 19.8 Å². The first-order valence-electron chi connectivity index (χ1n) is 7.29. The van der Waals surface area contributed by atoms with Crippen molar-refractivity contribution in [3.63, 3.8) is 0 Å². The van der Waals surface area contributed by atoms with Crippen LogP contribution in [0.4, 0.5) is 5.69 Å². The number of ether oxygens (including phenoxy) is 3. The maximum atomic E-state index is 11.9. The molecule has 0 saturated carbocycles. The second-order valence-corrected chi connectivity index (χ2v) is 5.06. The Morgan fingerprint density at radius 2 is 1.62 bits per heavy atom. The number of carbonyl (C=O) groups excluding carboxylic acids is 2. The van der Waals surface area contributed by atoms with E-state index in [1.165, 1.54) is 14.2 Å². The van der Waals surface area contributed by atoms with Crippen molar-refractivity contribution in [3.8, 4) is 11.5 Å². The second kappa shape index (κ2) is 8.01. The fourth-order valence-electron chi connectivity index (χ4n) is 2.02. The number of carbonyl (C=O) groups is 2. The van der Waals surface area contributed by atoms with E-state index >= 15 is 0 Å². The fraction of sp³-hybridized carbons (Fsp3) is 0.222. The van der Waals surface area contributed by atoms with Crippen molar-refractivity contribution in [3.05, 3.63) is 53.6 Å². The molecule has 0 spiro atoms. The molecule has 0 aromatic heterocycles. The molecular formula is C18H19NO5. The largest absolute Gasteiger partial charge is 0.493 e. The van der Waals surface area contributed by atoms with E-state index in [-0.39, 0.29) is 6.61 Å². The first kappa shape index (κ1) is 17.3. The van der Waals surface area contributed by atoms with Crippen LogP contribution >= 0.6 is 0 Å². The van der Waals surface area contributed by atoms with Gasteiger partial charge in [-0.25, -0.2) is 4.79 Å². The Bertz CT molecular complexity index is 725. The summed E-state index contributed by atoms with van der Waals surface area (Å²) in [7, 11) is 3.04. The molecule has 24 heavy (non-hydrogen) atoms. The maximum Gasteiger partial charge on any atom is 0.338 e. The van der Waals surface area contributed by atoms with E-state index in [2.05, 4.69) is 5.32 Å². The number of anilines is 1. The summed E-state index contributed by atoms with van der Waals surface area (Å²) in [4.78, 5) is 23.8. The Hall–Kier alpha value is -3.02. The van der Waals surface area contributed by atoms with Gasteiger partial charge in [0, 0.05) is 11.8 Å². The van der Waals surface area contributed by atoms with Crippen molar-refractivity contribution in [2.45, 2.75) is 6.92 Å². The number of rotatable bonds is 6. The molecule has 0 aliphatic rings. The van der Waals surface area contributed by atoms with E-state index in [9.17, 15) is 9.59 Å². The monoisotopic (exact) mass is 329 g/mol. The highest BCUT2D eigenvalue weighted by Gasteiger charge is 2.11. The molecule has 2 rings (SSSR count). The number of methoxy groups -OCH3 is 2. The predicted molar refractivity (Wildman–Crippen MR) is 89.6 cm³/mol. The Morgan fingerprint density at radius 1 is 0.958 bits per heavy atom. The lowest BCUT2D eigenvalue weighted by Gasteiger charge is -2.11. The SMILES string of the molecule is COc1ccc(NC(=O)COC(=O)c2ccc(C)cc2)cc1OC. The van der Waals surface area contributed by atoms with Crippen molar-refractivity contribution >= 4 is 17.6 Å². The highest BCUT2D eigenvalue weighted by Crippen LogP contribution is 2.29. The molecule has 1 N–H and O–H groups in total. The van der Waals surface area contributed by atoms with Gasteiger partial charge in [-0.2, -0.15) is 0 Å². The van der Waals surface area contributed by atoms with Crippen LogP contribution in [-0.2, 0) is 9.53 Å². The van der Waals surface area contributed by atoms with Crippen molar-refractivity contribution in [2.75, 3.05) is 26.1 Å². The summed E-state index contributed by atoms with van der Waals surface area (Å²) in [6.07, 6.45) is 0. The Balaban J connectivity index is 1.91. The summed E-state index contributed by atoms with van der Waals surface area (Å²) < 4.78 is 15.3. The molecule has 126 valence electrons. The Morgan fingerprint density at radius 3 is 2.25 bits per heavy atom. The predicted octanol–water partition coefficient (Wildman–Crippen LogP) is 2.81. The van der Waals surface area contributed by atoms with Crippen LogP contribution in [-0.4, -0.2) is 32.7 Å². The summed E-state index contributed by atoms with van der Waals surface area (Å²) in [5, 5.41) is 2.63. The summed E-state index contributed by atoms with van der Waals surface area (Å²) >= 11 is 0. The van der Waals surface area contributed by atoms with E-state index < -0.39 is 11.9 Å². The smallest absolute Gasteiger partial charge is 0.338 e. The summed E-state index contributed by atoms with van der Waals surface area (Å²) in [6.45, 7) is 1.55. The van der Waals surface area contributed by atoms with Crippen LogP contribution in [0.15, 0.2) is 42.5 Å². The first-order chi connectivity index (χ1) is 11.5. The topological polar surface area (TPSA) is 73.9 Å². The molecule has 0 bridgehead atoms. The van der Waals surface area contributed by atoms with Gasteiger partial charge in [0.15, 0.2) is 18.1 Å². The number of amides is 1. The van der Waals surface area contributed by atoms with Crippen LogP contribution in [0.2, 0.25) is 0 Å². The molecular weight excluding hydrogens is 310 g/mol. The quantitative estimate of drug-likeness (QED) is 0.825. The highest BCUT2D eigenvalue weighted by atomic mass is 16.5. The third kappa shape index (κ3) is 4.49. The lowest BCUT2D eigenvalue weighted by molar-refractivity contribution is -0.119. The van der Waals surface area contributed by atoms with Crippen molar-refractivity contribution in [1.82, 2.24) is 0 Å². The van der Waals surface area contributed by atoms with Gasteiger partial charge in [0.1, 0.15) is 0 Å². The minimum Gasteiger partial charge on any atom is -0.493 e. The highest BCUT2D eigenvalue weighted by molar-refractivity contribution is 5.95. The van der Waals surface area contributed by atoms with Gasteiger partial charge < -0.3 is 19.5 Å². The first-order valence-corrected chi connectivity index (χ1v) is 7.29. The van der Waals surface area contributed by atoms with Crippen LogP contribution in [0, 0.1) is 6.92 Å². The molecule has 0 unspecified atom stereocenters. The van der Waals surface area contributed by atoms with E-state index in [4.69, 9.17) is 14.2 Å². The van der Waals surface area contributed by atoms with Gasteiger partial charge >= 0.3 is 5.97 Å². The lowest BCUT2D eigenvalue weighted by atomic mass is 10.1. The fourth-order valence-corrected chi connectivity index (χ4v) is 2.02. The zero-order valence-electron chi connectivity index (χ0n) is 13.8. The van der Waals surface area contributed by atoms with E-state index in [1.54, 1.807) is 42.5 Å². The molecule has 0 aliphatic carbocycles. The number of esters is 1. The van der Waals surface area contributed by atoms with E-state index in [0.29, 0.717) is 22.7 Å². The minimum absolute atomic E-state index is 0.374. The van der Waals surface area contributed by atoms with Gasteiger partial charge in [-0.05, 0) is 31.2 Å². The van der Waals surface area contributed by atoms with Gasteiger partial charge in [-0.3, -0.25) is 4.79 Å². The normalized spacial score (nSPS) is 9.96. The molecule has 0 heterocycles. The number of hydrogen-bond acceptors (Lipinski definition) is 5. The van der Waals surface area contributed by atoms with E-state index in [1.807, 2.05) is 6.92 Å². The summed E-state index contributed by atoms with van der Waals surface area (Å²) in [6, 6.07) is 11.9. The Labute approximate surface area is 140 Å². The number of aryl methyl sites for hydroxylation is 1. The second-order valence-electron chi connectivity index (χ2n) is 5.06. The van der Waals surface area contributed by atoms with Gasteiger partial charge in [-0.1, -0.05) is 17.7 Å². The summed E-state index contributed by atoms with van der Waals surface area (Å²) in [5.74, 6) is 0.0633. The average Bonchev–Trinajstić information content (AvgIpc) is 2.60. The number of benzene rings is 2. The third-order valence-electron chi connectivity index (χ3n) is 3.29. The van der Waals surface area contributed by atoms with E-state index in [0.717, 1.165) is 5.56 Å². The molecule has 0 aliphatic heterocycles. The zero-order valence-corrected chi connectivity index (χ0v) is 13.8. The number of nitrogens with one attached hydrogen (secondary N) is 1. The van der Waals surface area contributed by atoms with Crippen molar-refractivity contribution in [1.29, 1.82) is 0 Å². The van der Waals surface area contributed by atoms with Gasteiger partial charge in [0.2, 0.25) is 0 Å². The molecule has 1 amide bonds. The molecule has 2 aromatic carbocycles. The molecule has 0 saturated heterocycles. The molecule has 2 aromatic rings. The van der Waals surface area contributed by atoms with Crippen molar-refractivity contribution in [2.24, 2.45) is 0 Å². The molecule has 6 heteroatoms.